The average Bonchev–Trinajstić information content (AvgIpc) is 2.57. The second-order valence-electron chi connectivity index (χ2n) is 4.92. The summed E-state index contributed by atoms with van der Waals surface area (Å²) >= 11 is 5.30. The Hall–Kier alpha value is -2.41. The number of hydrogen-bond donors (Lipinski definition) is 1. The van der Waals surface area contributed by atoms with Gasteiger partial charge in [-0.05, 0) is 48.6 Å². The molecule has 0 amide bonds. The highest BCUT2D eigenvalue weighted by molar-refractivity contribution is 7.80. The number of rotatable bonds is 7. The molecule has 0 heterocycles. The van der Waals surface area contributed by atoms with Gasteiger partial charge in [-0.1, -0.05) is 18.2 Å². The fraction of sp³-hybridized carbons (Fsp3) is 0.235. The van der Waals surface area contributed by atoms with E-state index in [0.29, 0.717) is 24.0 Å². The van der Waals surface area contributed by atoms with E-state index in [9.17, 15) is 8.78 Å². The van der Waals surface area contributed by atoms with E-state index in [1.54, 1.807) is 12.1 Å². The molecule has 0 aliphatic rings. The number of halogens is 2. The van der Waals surface area contributed by atoms with Gasteiger partial charge < -0.3 is 19.7 Å². The highest BCUT2D eigenvalue weighted by atomic mass is 32.1. The predicted molar refractivity (Wildman–Crippen MR) is 93.9 cm³/mol. The highest BCUT2D eigenvalue weighted by Gasteiger charge is 2.07. The fourth-order valence-electron chi connectivity index (χ4n) is 1.86. The minimum Gasteiger partial charge on any atom is -0.492 e. The van der Waals surface area contributed by atoms with Crippen molar-refractivity contribution >= 4 is 23.0 Å². The summed E-state index contributed by atoms with van der Waals surface area (Å²) in [6.07, 6.45) is 0. The Balaban J connectivity index is 1.76. The molecule has 2 aromatic rings. The number of thiocarbonyl (C=S) groups is 1. The normalized spacial score (nSPS) is 10.3. The van der Waals surface area contributed by atoms with Crippen LogP contribution in [-0.2, 0) is 0 Å². The number of benzene rings is 2. The fourth-order valence-corrected chi connectivity index (χ4v) is 2.07. The molecule has 4 nitrogen and oxygen atoms in total. The molecule has 128 valence electrons. The van der Waals surface area contributed by atoms with Gasteiger partial charge in [0, 0.05) is 12.7 Å². The molecule has 0 aliphatic heterocycles. The summed E-state index contributed by atoms with van der Waals surface area (Å²) in [5.41, 5.74) is 0.692. The van der Waals surface area contributed by atoms with E-state index in [1.165, 1.54) is 12.1 Å². The zero-order valence-electron chi connectivity index (χ0n) is 13.1. The van der Waals surface area contributed by atoms with Crippen molar-refractivity contribution in [3.8, 4) is 11.5 Å². The van der Waals surface area contributed by atoms with Gasteiger partial charge in [-0.25, -0.2) is 0 Å². The number of nitrogens with zero attached hydrogens (tertiary/aromatic N) is 1. The van der Waals surface area contributed by atoms with E-state index < -0.39 is 6.61 Å². The molecule has 0 saturated carbocycles. The number of hydrogen-bond acceptors (Lipinski definition) is 3. The van der Waals surface area contributed by atoms with Crippen molar-refractivity contribution in [2.24, 2.45) is 0 Å². The summed E-state index contributed by atoms with van der Waals surface area (Å²) in [4.78, 5) is 1.84. The monoisotopic (exact) mass is 352 g/mol. The summed E-state index contributed by atoms with van der Waals surface area (Å²) in [6, 6.07) is 15.7. The van der Waals surface area contributed by atoms with E-state index in [1.807, 2.05) is 42.3 Å². The molecule has 0 aromatic heterocycles. The van der Waals surface area contributed by atoms with Crippen molar-refractivity contribution in [3.63, 3.8) is 0 Å². The summed E-state index contributed by atoms with van der Waals surface area (Å²) in [5, 5.41) is 3.54. The Morgan fingerprint density at radius 3 is 2.38 bits per heavy atom. The molecule has 7 heteroatoms. The quantitative estimate of drug-likeness (QED) is 0.762. The van der Waals surface area contributed by atoms with Crippen molar-refractivity contribution in [1.82, 2.24) is 4.90 Å². The lowest BCUT2D eigenvalue weighted by Gasteiger charge is -2.21. The SMILES string of the molecule is CN(CCOc1ccccc1)C(=S)Nc1ccc(OC(F)F)cc1. The van der Waals surface area contributed by atoms with Crippen LogP contribution in [0.15, 0.2) is 54.6 Å². The molecule has 2 aromatic carbocycles. The van der Waals surface area contributed by atoms with Gasteiger partial charge >= 0.3 is 6.61 Å². The maximum absolute atomic E-state index is 12.1. The van der Waals surface area contributed by atoms with E-state index in [0.717, 1.165) is 5.75 Å². The molecule has 0 unspecified atom stereocenters. The van der Waals surface area contributed by atoms with Crippen molar-refractivity contribution in [2.45, 2.75) is 6.61 Å². The first-order chi connectivity index (χ1) is 11.5. The number of likely N-dealkylation sites (N-methyl/N-ethyl adjacent to an activating group) is 1. The Morgan fingerprint density at radius 2 is 1.75 bits per heavy atom. The Morgan fingerprint density at radius 1 is 1.08 bits per heavy atom. The average molecular weight is 352 g/mol. The van der Waals surface area contributed by atoms with Crippen LogP contribution in [0.2, 0.25) is 0 Å². The smallest absolute Gasteiger partial charge is 0.387 e. The summed E-state index contributed by atoms with van der Waals surface area (Å²) < 4.78 is 34.1. The van der Waals surface area contributed by atoms with Gasteiger partial charge in [0.15, 0.2) is 5.11 Å². The van der Waals surface area contributed by atoms with Crippen molar-refractivity contribution < 1.29 is 18.3 Å². The molecule has 2 rings (SSSR count). The second kappa shape index (κ2) is 9.02. The molecule has 24 heavy (non-hydrogen) atoms. The lowest BCUT2D eigenvalue weighted by Crippen LogP contribution is -2.34. The molecule has 0 saturated heterocycles. The molecule has 0 atom stereocenters. The van der Waals surface area contributed by atoms with Crippen LogP contribution in [0.25, 0.3) is 0 Å². The first-order valence-corrected chi connectivity index (χ1v) is 7.70. The Bertz CT molecular complexity index is 639. The Kier molecular flexibility index (Phi) is 6.74. The molecule has 0 radical (unpaired) electrons. The van der Waals surface area contributed by atoms with Crippen LogP contribution in [-0.4, -0.2) is 36.8 Å². The molecular weight excluding hydrogens is 334 g/mol. The van der Waals surface area contributed by atoms with Gasteiger partial charge in [-0.2, -0.15) is 8.78 Å². The van der Waals surface area contributed by atoms with Crippen molar-refractivity contribution in [3.05, 3.63) is 54.6 Å². The number of ether oxygens (including phenoxy) is 2. The van der Waals surface area contributed by atoms with Crippen LogP contribution in [0.3, 0.4) is 0 Å². The largest absolute Gasteiger partial charge is 0.492 e. The van der Waals surface area contributed by atoms with E-state index in [2.05, 4.69) is 10.1 Å². The van der Waals surface area contributed by atoms with E-state index in [-0.39, 0.29) is 5.75 Å². The molecular formula is C17H18F2N2O2S. The highest BCUT2D eigenvalue weighted by Crippen LogP contribution is 2.18. The standard InChI is InChI=1S/C17H18F2N2O2S/c1-21(11-12-22-14-5-3-2-4-6-14)17(24)20-13-7-9-15(10-8-13)23-16(18)19/h2-10,16H,11-12H2,1H3,(H,20,24). The van der Waals surface area contributed by atoms with E-state index in [4.69, 9.17) is 17.0 Å². The number of nitrogens with one attached hydrogen (secondary N) is 1. The summed E-state index contributed by atoms with van der Waals surface area (Å²) in [5.74, 6) is 0.908. The van der Waals surface area contributed by atoms with Crippen LogP contribution >= 0.6 is 12.2 Å². The van der Waals surface area contributed by atoms with Crippen LogP contribution < -0.4 is 14.8 Å². The maximum atomic E-state index is 12.1. The first-order valence-electron chi connectivity index (χ1n) is 7.29. The zero-order valence-corrected chi connectivity index (χ0v) is 13.9. The van der Waals surface area contributed by atoms with Gasteiger partial charge in [0.05, 0.1) is 6.54 Å². The van der Waals surface area contributed by atoms with Gasteiger partial charge in [0.1, 0.15) is 18.1 Å². The minimum absolute atomic E-state index is 0.103. The molecule has 0 bridgehead atoms. The van der Waals surface area contributed by atoms with Crippen molar-refractivity contribution in [1.29, 1.82) is 0 Å². The molecule has 0 aliphatic carbocycles. The molecule has 0 fully saturated rings. The summed E-state index contributed by atoms with van der Waals surface area (Å²) in [7, 11) is 1.85. The minimum atomic E-state index is -2.83. The lowest BCUT2D eigenvalue weighted by atomic mass is 10.3. The summed E-state index contributed by atoms with van der Waals surface area (Å²) in [6.45, 7) is -1.74. The topological polar surface area (TPSA) is 33.7 Å². The number of para-hydroxylation sites is 1. The van der Waals surface area contributed by atoms with Gasteiger partial charge in [-0.3, -0.25) is 0 Å². The zero-order chi connectivity index (χ0) is 17.4. The van der Waals surface area contributed by atoms with Crippen LogP contribution in [0.5, 0.6) is 11.5 Å². The van der Waals surface area contributed by atoms with Crippen molar-refractivity contribution in [2.75, 3.05) is 25.5 Å². The van der Waals surface area contributed by atoms with Gasteiger partial charge in [0.2, 0.25) is 0 Å². The predicted octanol–water partition coefficient (Wildman–Crippen LogP) is 4.00. The van der Waals surface area contributed by atoms with Gasteiger partial charge in [-0.15, -0.1) is 0 Å². The third-order valence-corrected chi connectivity index (χ3v) is 3.53. The molecule has 1 N–H and O–H groups in total. The third-order valence-electron chi connectivity index (χ3n) is 3.12. The van der Waals surface area contributed by atoms with Crippen LogP contribution in [0.4, 0.5) is 14.5 Å². The second-order valence-corrected chi connectivity index (χ2v) is 5.30. The maximum Gasteiger partial charge on any atom is 0.387 e. The Labute approximate surface area is 145 Å². The van der Waals surface area contributed by atoms with Gasteiger partial charge in [0.25, 0.3) is 0 Å². The van der Waals surface area contributed by atoms with Crippen LogP contribution in [0.1, 0.15) is 0 Å². The third kappa shape index (κ3) is 6.00. The van der Waals surface area contributed by atoms with E-state index >= 15 is 0 Å². The first kappa shape index (κ1) is 17.9. The number of alkyl halides is 2. The lowest BCUT2D eigenvalue weighted by molar-refractivity contribution is -0.0498. The van der Waals surface area contributed by atoms with Crippen LogP contribution in [0, 0.1) is 0 Å². The molecule has 0 spiro atoms. The number of anilines is 1.